The van der Waals surface area contributed by atoms with Crippen LogP contribution in [0.2, 0.25) is 0 Å². The van der Waals surface area contributed by atoms with E-state index in [2.05, 4.69) is 19.9 Å². The molecule has 0 unspecified atom stereocenters. The van der Waals surface area contributed by atoms with Crippen molar-refractivity contribution in [2.24, 2.45) is 5.41 Å². The summed E-state index contributed by atoms with van der Waals surface area (Å²) >= 11 is 0. The Morgan fingerprint density at radius 2 is 1.71 bits per heavy atom. The molecule has 6 rings (SSSR count). The molecule has 1 aliphatic carbocycles. The van der Waals surface area contributed by atoms with Crippen molar-refractivity contribution in [2.45, 2.75) is 57.7 Å². The number of aliphatic hydroxyl groups is 1. The van der Waals surface area contributed by atoms with Crippen molar-refractivity contribution in [3.63, 3.8) is 0 Å². The third-order valence-corrected chi connectivity index (χ3v) is 10.00. The number of nitrogens with one attached hydrogen (secondary N) is 2. The number of halogens is 2. The highest BCUT2D eigenvalue weighted by Gasteiger charge is 2.44. The van der Waals surface area contributed by atoms with Crippen LogP contribution in [0.25, 0.3) is 0 Å². The predicted octanol–water partition coefficient (Wildman–Crippen LogP) is 3.71. The van der Waals surface area contributed by atoms with Crippen molar-refractivity contribution in [3.8, 4) is 0 Å². The standard InChI is InChI=1S/C28H35F2N5O5S/c29-28(30)7-11-35(12-8-28)25-22-18-40-17-19(22)15-24(31-25)32-26(37)21-2-1-20(33-41(38,39)14-13-36)16-23(21)34-9-5-27(3-4-27)6-10-34/h1-2,15-16,33,36H,3-14,17-18H2,(H,31,32,37). The summed E-state index contributed by atoms with van der Waals surface area (Å²) in [5.41, 5.74) is 3.43. The number of benzene rings is 1. The van der Waals surface area contributed by atoms with Gasteiger partial charge in [0.25, 0.3) is 11.8 Å². The normalized spacial score (nSPS) is 21.0. The summed E-state index contributed by atoms with van der Waals surface area (Å²) in [4.78, 5) is 22.3. The highest BCUT2D eigenvalue weighted by molar-refractivity contribution is 7.92. The topological polar surface area (TPSA) is 124 Å². The number of hydrogen-bond donors (Lipinski definition) is 3. The van der Waals surface area contributed by atoms with Crippen molar-refractivity contribution < 1.29 is 31.8 Å². The lowest BCUT2D eigenvalue weighted by molar-refractivity contribution is -0.0221. The number of aliphatic hydroxyl groups excluding tert-OH is 1. The average molecular weight is 592 g/mol. The van der Waals surface area contributed by atoms with Gasteiger partial charge in [-0.05, 0) is 60.9 Å². The summed E-state index contributed by atoms with van der Waals surface area (Å²) in [7, 11) is -3.74. The van der Waals surface area contributed by atoms with E-state index in [0.29, 0.717) is 47.2 Å². The van der Waals surface area contributed by atoms with Crippen LogP contribution in [0.3, 0.4) is 0 Å². The molecule has 13 heteroatoms. The van der Waals surface area contributed by atoms with Gasteiger partial charge in [0.15, 0.2) is 0 Å². The maximum absolute atomic E-state index is 13.8. The van der Waals surface area contributed by atoms with E-state index >= 15 is 0 Å². The molecule has 0 atom stereocenters. The number of alkyl halides is 2. The molecule has 2 saturated heterocycles. The second-order valence-corrected chi connectivity index (χ2v) is 13.5. The number of piperidine rings is 2. The number of carbonyl (C=O) groups excluding carboxylic acids is 1. The van der Waals surface area contributed by atoms with Gasteiger partial charge in [-0.2, -0.15) is 0 Å². The molecule has 41 heavy (non-hydrogen) atoms. The Hall–Kier alpha value is -3.03. The minimum atomic E-state index is -3.74. The van der Waals surface area contributed by atoms with E-state index in [1.807, 2.05) is 4.90 Å². The van der Waals surface area contributed by atoms with Crippen LogP contribution < -0.4 is 19.8 Å². The van der Waals surface area contributed by atoms with E-state index in [4.69, 9.17) is 9.84 Å². The number of amides is 1. The van der Waals surface area contributed by atoms with Crippen molar-refractivity contribution in [1.29, 1.82) is 0 Å². The molecule has 1 saturated carbocycles. The SMILES string of the molecule is O=C(Nc1cc2c(c(N3CCC(F)(F)CC3)n1)COC2)c1ccc(NS(=O)(=O)CCO)cc1N1CCC2(CC1)CC2. The molecule has 0 radical (unpaired) electrons. The zero-order valence-electron chi connectivity index (χ0n) is 22.8. The Morgan fingerprint density at radius 3 is 2.39 bits per heavy atom. The largest absolute Gasteiger partial charge is 0.395 e. The number of rotatable bonds is 8. The highest BCUT2D eigenvalue weighted by Crippen LogP contribution is 2.54. The average Bonchev–Trinajstić information content (AvgIpc) is 3.50. The predicted molar refractivity (Wildman–Crippen MR) is 151 cm³/mol. The first-order valence-electron chi connectivity index (χ1n) is 14.1. The number of ether oxygens (including phenoxy) is 1. The first-order valence-corrected chi connectivity index (χ1v) is 15.8. The third kappa shape index (κ3) is 6.12. The smallest absolute Gasteiger partial charge is 0.258 e. The lowest BCUT2D eigenvalue weighted by Gasteiger charge is -2.35. The van der Waals surface area contributed by atoms with E-state index in [9.17, 15) is 22.0 Å². The molecule has 1 aromatic carbocycles. The zero-order valence-corrected chi connectivity index (χ0v) is 23.6. The van der Waals surface area contributed by atoms with Crippen LogP contribution in [0.15, 0.2) is 24.3 Å². The number of pyridine rings is 1. The van der Waals surface area contributed by atoms with E-state index in [1.54, 1.807) is 18.2 Å². The van der Waals surface area contributed by atoms with Gasteiger partial charge in [0.05, 0.1) is 42.5 Å². The van der Waals surface area contributed by atoms with Gasteiger partial charge in [0, 0.05) is 44.6 Å². The second-order valence-electron chi connectivity index (χ2n) is 11.6. The Labute approximate surface area is 238 Å². The fourth-order valence-electron chi connectivity index (χ4n) is 6.01. The molecule has 3 aliphatic heterocycles. The Balaban J connectivity index is 1.28. The third-order valence-electron chi connectivity index (χ3n) is 8.73. The van der Waals surface area contributed by atoms with Gasteiger partial charge < -0.3 is 25.0 Å². The van der Waals surface area contributed by atoms with Gasteiger partial charge in [0.2, 0.25) is 10.0 Å². The first kappa shape index (κ1) is 28.1. The number of aromatic nitrogens is 1. The number of fused-ring (bicyclic) bond motifs is 1. The van der Waals surface area contributed by atoms with Crippen molar-refractivity contribution in [1.82, 2.24) is 4.98 Å². The fourth-order valence-corrected chi connectivity index (χ4v) is 6.84. The van der Waals surface area contributed by atoms with Gasteiger partial charge in [-0.3, -0.25) is 9.52 Å². The summed E-state index contributed by atoms with van der Waals surface area (Å²) in [5.74, 6) is -2.66. The minimum absolute atomic E-state index is 0.165. The lowest BCUT2D eigenvalue weighted by atomic mass is 9.93. The Morgan fingerprint density at radius 1 is 1.00 bits per heavy atom. The Bertz CT molecular complexity index is 1430. The molecule has 2 aromatic rings. The number of sulfonamides is 1. The molecule has 10 nitrogen and oxygen atoms in total. The first-order chi connectivity index (χ1) is 19.6. The summed E-state index contributed by atoms with van der Waals surface area (Å²) < 4.78 is 60.4. The van der Waals surface area contributed by atoms with Gasteiger partial charge in [-0.15, -0.1) is 0 Å². The van der Waals surface area contributed by atoms with Crippen LogP contribution in [0.5, 0.6) is 0 Å². The minimum Gasteiger partial charge on any atom is -0.395 e. The molecule has 1 amide bonds. The van der Waals surface area contributed by atoms with Gasteiger partial charge in [-0.25, -0.2) is 22.2 Å². The molecule has 1 spiro atoms. The molecular formula is C28H35F2N5O5S. The molecular weight excluding hydrogens is 556 g/mol. The number of hydrogen-bond acceptors (Lipinski definition) is 8. The van der Waals surface area contributed by atoms with Crippen molar-refractivity contribution in [2.75, 3.05) is 58.4 Å². The quantitative estimate of drug-likeness (QED) is 0.425. The number of anilines is 4. The van der Waals surface area contributed by atoms with E-state index in [1.165, 1.54) is 18.9 Å². The van der Waals surface area contributed by atoms with Crippen LogP contribution in [0.4, 0.5) is 31.8 Å². The summed E-state index contributed by atoms with van der Waals surface area (Å²) in [6.45, 7) is 2.03. The number of carbonyl (C=O) groups is 1. The summed E-state index contributed by atoms with van der Waals surface area (Å²) in [6.07, 6.45) is 3.96. The van der Waals surface area contributed by atoms with E-state index in [0.717, 1.165) is 37.1 Å². The van der Waals surface area contributed by atoms with Crippen LogP contribution in [-0.4, -0.2) is 68.9 Å². The van der Waals surface area contributed by atoms with Crippen LogP contribution in [-0.2, 0) is 28.0 Å². The van der Waals surface area contributed by atoms with Crippen LogP contribution in [0.1, 0.15) is 60.0 Å². The van der Waals surface area contributed by atoms with Crippen LogP contribution >= 0.6 is 0 Å². The maximum Gasteiger partial charge on any atom is 0.258 e. The van der Waals surface area contributed by atoms with Gasteiger partial charge in [-0.1, -0.05) is 0 Å². The van der Waals surface area contributed by atoms with Crippen molar-refractivity contribution >= 4 is 38.9 Å². The summed E-state index contributed by atoms with van der Waals surface area (Å²) in [5, 5.41) is 12.0. The van der Waals surface area contributed by atoms with E-state index in [-0.39, 0.29) is 25.9 Å². The maximum atomic E-state index is 13.8. The Kier molecular flexibility index (Phi) is 7.31. The molecule has 1 aromatic heterocycles. The van der Waals surface area contributed by atoms with Crippen molar-refractivity contribution in [3.05, 3.63) is 41.0 Å². The summed E-state index contributed by atoms with van der Waals surface area (Å²) in [6, 6.07) is 6.55. The van der Waals surface area contributed by atoms with E-state index < -0.39 is 34.2 Å². The second kappa shape index (κ2) is 10.7. The molecule has 3 N–H and O–H groups in total. The number of nitrogens with zero attached hydrogens (tertiary/aromatic N) is 3. The molecule has 0 bridgehead atoms. The van der Waals surface area contributed by atoms with Crippen LogP contribution in [0, 0.1) is 5.41 Å². The molecule has 4 aliphatic rings. The highest BCUT2D eigenvalue weighted by atomic mass is 32.2. The molecule has 3 fully saturated rings. The van der Waals surface area contributed by atoms with Gasteiger partial charge >= 0.3 is 0 Å². The molecule has 4 heterocycles. The lowest BCUT2D eigenvalue weighted by Crippen LogP contribution is -2.40. The zero-order chi connectivity index (χ0) is 28.8. The van der Waals surface area contributed by atoms with Gasteiger partial charge in [0.1, 0.15) is 11.6 Å². The molecule has 222 valence electrons. The monoisotopic (exact) mass is 591 g/mol. The fraction of sp³-hybridized carbons (Fsp3) is 0.571.